The highest BCUT2D eigenvalue weighted by Crippen LogP contribution is 2.32. The lowest BCUT2D eigenvalue weighted by atomic mass is 10.0. The Hall–Kier alpha value is -3.13. The summed E-state index contributed by atoms with van der Waals surface area (Å²) < 4.78 is 7.26. The van der Waals surface area contributed by atoms with E-state index in [9.17, 15) is 4.79 Å². The Morgan fingerprint density at radius 1 is 1.03 bits per heavy atom. The molecule has 0 saturated carbocycles. The number of hydrogen-bond donors (Lipinski definition) is 1. The summed E-state index contributed by atoms with van der Waals surface area (Å²) in [6.07, 6.45) is 6.49. The van der Waals surface area contributed by atoms with E-state index in [-0.39, 0.29) is 5.91 Å². The first-order valence-electron chi connectivity index (χ1n) is 13.2. The third-order valence-corrected chi connectivity index (χ3v) is 9.00. The summed E-state index contributed by atoms with van der Waals surface area (Å²) >= 11 is 7.85. The standard InChI is InChI=1S/C30H31ClN4O2S/c31-24-7-8-28-26(16-24)23(19-38-28)18-37-27-15-22(17-33-29(27)32)20-3-5-21(6-4-20)30(36)35-13-9-25(10-14-35)34-11-1-2-12-34/h3-8,15-17,19,25H,1-2,9-14,18H2,(H2,32,33). The number of thiophene rings is 1. The monoisotopic (exact) mass is 546 g/mol. The summed E-state index contributed by atoms with van der Waals surface area (Å²) in [5.41, 5.74) is 9.76. The smallest absolute Gasteiger partial charge is 0.253 e. The zero-order chi connectivity index (χ0) is 26.1. The summed E-state index contributed by atoms with van der Waals surface area (Å²) in [4.78, 5) is 22.1. The first-order chi connectivity index (χ1) is 18.5. The number of carbonyl (C=O) groups is 1. The zero-order valence-corrected chi connectivity index (χ0v) is 22.8. The van der Waals surface area contributed by atoms with Crippen molar-refractivity contribution in [2.24, 2.45) is 0 Å². The average Bonchev–Trinajstić information content (AvgIpc) is 3.63. The van der Waals surface area contributed by atoms with E-state index in [2.05, 4.69) is 15.3 Å². The number of piperidine rings is 1. The van der Waals surface area contributed by atoms with Crippen LogP contribution in [0.4, 0.5) is 5.82 Å². The Balaban J connectivity index is 1.11. The van der Waals surface area contributed by atoms with Crippen LogP contribution >= 0.6 is 22.9 Å². The molecule has 0 atom stereocenters. The third kappa shape index (κ3) is 5.23. The lowest BCUT2D eigenvalue weighted by Crippen LogP contribution is -2.45. The maximum absolute atomic E-state index is 13.1. The predicted octanol–water partition coefficient (Wildman–Crippen LogP) is 6.48. The van der Waals surface area contributed by atoms with Gasteiger partial charge in [0.15, 0.2) is 11.6 Å². The van der Waals surface area contributed by atoms with Crippen molar-refractivity contribution in [1.29, 1.82) is 0 Å². The molecule has 8 heteroatoms. The minimum atomic E-state index is 0.110. The minimum Gasteiger partial charge on any atom is -0.485 e. The van der Waals surface area contributed by atoms with Crippen LogP contribution in [0.15, 0.2) is 60.1 Å². The maximum atomic E-state index is 13.1. The first kappa shape index (κ1) is 25.2. The summed E-state index contributed by atoms with van der Waals surface area (Å²) in [7, 11) is 0. The van der Waals surface area contributed by atoms with E-state index in [0.717, 1.165) is 53.6 Å². The fourth-order valence-electron chi connectivity index (χ4n) is 5.58. The van der Waals surface area contributed by atoms with E-state index in [4.69, 9.17) is 22.1 Å². The number of amides is 1. The number of benzene rings is 2. The van der Waals surface area contributed by atoms with Crippen molar-refractivity contribution in [3.63, 3.8) is 0 Å². The van der Waals surface area contributed by atoms with Gasteiger partial charge >= 0.3 is 0 Å². The third-order valence-electron chi connectivity index (χ3n) is 7.75. The van der Waals surface area contributed by atoms with E-state index in [1.54, 1.807) is 17.5 Å². The number of nitrogen functional groups attached to an aromatic ring is 1. The van der Waals surface area contributed by atoms with E-state index >= 15 is 0 Å². The molecule has 4 heterocycles. The Kier molecular flexibility index (Phi) is 7.24. The molecule has 4 aromatic rings. The number of anilines is 1. The van der Waals surface area contributed by atoms with Gasteiger partial charge in [0.05, 0.1) is 0 Å². The molecule has 2 aliphatic rings. The molecule has 2 aliphatic heterocycles. The highest BCUT2D eigenvalue weighted by Gasteiger charge is 2.28. The van der Waals surface area contributed by atoms with Gasteiger partial charge in [-0.15, -0.1) is 11.3 Å². The molecule has 2 N–H and O–H groups in total. The summed E-state index contributed by atoms with van der Waals surface area (Å²) in [6, 6.07) is 16.2. The van der Waals surface area contributed by atoms with Crippen LogP contribution in [0.25, 0.3) is 21.2 Å². The summed E-state index contributed by atoms with van der Waals surface area (Å²) in [5, 5.41) is 3.87. The van der Waals surface area contributed by atoms with Crippen LogP contribution in [0.2, 0.25) is 5.02 Å². The molecular weight excluding hydrogens is 516 g/mol. The molecule has 1 amide bonds. The van der Waals surface area contributed by atoms with Gasteiger partial charge in [-0.3, -0.25) is 4.79 Å². The van der Waals surface area contributed by atoms with Gasteiger partial charge in [0.25, 0.3) is 5.91 Å². The van der Waals surface area contributed by atoms with Gasteiger partial charge in [-0.2, -0.15) is 0 Å². The molecule has 6 nitrogen and oxygen atoms in total. The van der Waals surface area contributed by atoms with Crippen LogP contribution in [-0.4, -0.2) is 52.9 Å². The lowest BCUT2D eigenvalue weighted by molar-refractivity contribution is 0.0644. The molecule has 2 aromatic heterocycles. The lowest BCUT2D eigenvalue weighted by Gasteiger charge is -2.36. The number of fused-ring (bicyclic) bond motifs is 1. The van der Waals surface area contributed by atoms with E-state index in [1.165, 1.54) is 30.6 Å². The molecule has 0 radical (unpaired) electrons. The van der Waals surface area contributed by atoms with Gasteiger partial charge in [0, 0.05) is 57.1 Å². The quantitative estimate of drug-likeness (QED) is 0.300. The number of halogens is 1. The Bertz CT molecular complexity index is 1440. The molecular formula is C30H31ClN4O2S. The van der Waals surface area contributed by atoms with Gasteiger partial charge in [-0.1, -0.05) is 23.7 Å². The van der Waals surface area contributed by atoms with Gasteiger partial charge in [-0.25, -0.2) is 4.98 Å². The fraction of sp³-hybridized carbons (Fsp3) is 0.333. The molecule has 0 unspecified atom stereocenters. The Morgan fingerprint density at radius 2 is 1.79 bits per heavy atom. The topological polar surface area (TPSA) is 71.7 Å². The van der Waals surface area contributed by atoms with Crippen molar-refractivity contribution in [2.75, 3.05) is 31.9 Å². The van der Waals surface area contributed by atoms with Crippen molar-refractivity contribution >= 4 is 44.7 Å². The van der Waals surface area contributed by atoms with Crippen molar-refractivity contribution < 1.29 is 9.53 Å². The molecule has 6 rings (SSSR count). The maximum Gasteiger partial charge on any atom is 0.253 e. The largest absolute Gasteiger partial charge is 0.485 e. The zero-order valence-electron chi connectivity index (χ0n) is 21.2. The highest BCUT2D eigenvalue weighted by molar-refractivity contribution is 7.17. The summed E-state index contributed by atoms with van der Waals surface area (Å²) in [5.74, 6) is 0.985. The SMILES string of the molecule is Nc1ncc(-c2ccc(C(=O)N3CCC(N4CCCC4)CC3)cc2)cc1OCc1csc2ccc(Cl)cc12. The minimum absolute atomic E-state index is 0.110. The normalized spacial score (nSPS) is 16.8. The number of aromatic nitrogens is 1. The van der Waals surface area contributed by atoms with Gasteiger partial charge in [0.1, 0.15) is 6.61 Å². The Morgan fingerprint density at radius 3 is 2.55 bits per heavy atom. The molecule has 38 heavy (non-hydrogen) atoms. The average molecular weight is 547 g/mol. The van der Waals surface area contributed by atoms with E-state index in [0.29, 0.717) is 29.2 Å². The molecule has 2 saturated heterocycles. The van der Waals surface area contributed by atoms with Crippen molar-refractivity contribution in [2.45, 2.75) is 38.3 Å². The number of ether oxygens (including phenoxy) is 1. The molecule has 196 valence electrons. The number of pyridine rings is 1. The van der Waals surface area contributed by atoms with Crippen molar-refractivity contribution in [3.8, 4) is 16.9 Å². The van der Waals surface area contributed by atoms with Crippen molar-refractivity contribution in [3.05, 3.63) is 76.3 Å². The number of hydrogen-bond acceptors (Lipinski definition) is 6. The molecule has 2 fully saturated rings. The molecule has 0 spiro atoms. The molecule has 0 bridgehead atoms. The predicted molar refractivity (Wildman–Crippen MR) is 155 cm³/mol. The number of rotatable bonds is 6. The second-order valence-electron chi connectivity index (χ2n) is 10.1. The number of nitrogens with two attached hydrogens (primary N) is 1. The van der Waals surface area contributed by atoms with Crippen LogP contribution in [0.5, 0.6) is 5.75 Å². The summed E-state index contributed by atoms with van der Waals surface area (Å²) in [6.45, 7) is 4.46. The number of carbonyl (C=O) groups excluding carboxylic acids is 1. The van der Waals surface area contributed by atoms with Crippen LogP contribution in [0.1, 0.15) is 41.6 Å². The van der Waals surface area contributed by atoms with Crippen LogP contribution in [0, 0.1) is 0 Å². The van der Waals surface area contributed by atoms with Crippen LogP contribution in [0.3, 0.4) is 0 Å². The highest BCUT2D eigenvalue weighted by atomic mass is 35.5. The number of likely N-dealkylation sites (tertiary alicyclic amines) is 2. The number of nitrogens with zero attached hydrogens (tertiary/aromatic N) is 3. The van der Waals surface area contributed by atoms with E-state index in [1.807, 2.05) is 53.4 Å². The van der Waals surface area contributed by atoms with Gasteiger partial charge in [0.2, 0.25) is 0 Å². The molecule has 0 aliphatic carbocycles. The van der Waals surface area contributed by atoms with Crippen LogP contribution in [-0.2, 0) is 6.61 Å². The molecule has 2 aromatic carbocycles. The van der Waals surface area contributed by atoms with Gasteiger partial charge < -0.3 is 20.3 Å². The van der Waals surface area contributed by atoms with Gasteiger partial charge in [-0.05, 0) is 86.1 Å². The van der Waals surface area contributed by atoms with Crippen LogP contribution < -0.4 is 10.5 Å². The first-order valence-corrected chi connectivity index (χ1v) is 14.5. The fourth-order valence-corrected chi connectivity index (χ4v) is 6.68. The second kappa shape index (κ2) is 10.9. The Labute approximate surface area is 232 Å². The second-order valence-corrected chi connectivity index (χ2v) is 11.5. The van der Waals surface area contributed by atoms with E-state index < -0.39 is 0 Å². The van der Waals surface area contributed by atoms with Crippen molar-refractivity contribution in [1.82, 2.24) is 14.8 Å².